The number of aliphatic carboxylic acids is 1. The van der Waals surface area contributed by atoms with Crippen LogP contribution in [0.2, 0.25) is 0 Å². The van der Waals surface area contributed by atoms with E-state index in [-0.39, 0.29) is 12.3 Å². The van der Waals surface area contributed by atoms with Gasteiger partial charge in [-0.05, 0) is 44.0 Å². The number of nitrogens with one attached hydrogen (secondary N) is 1. The third-order valence-corrected chi connectivity index (χ3v) is 3.11. The number of unbranched alkanes of at least 4 members (excludes halogenated alkanes) is 2. The number of hydrogen-bond acceptors (Lipinski definition) is 4. The van der Waals surface area contributed by atoms with Crippen LogP contribution in [-0.2, 0) is 9.59 Å². The van der Waals surface area contributed by atoms with Gasteiger partial charge in [-0.3, -0.25) is 9.59 Å². The molecule has 0 saturated heterocycles. The van der Waals surface area contributed by atoms with E-state index in [2.05, 4.69) is 5.32 Å². The zero-order chi connectivity index (χ0) is 16.4. The van der Waals surface area contributed by atoms with Gasteiger partial charge in [-0.15, -0.1) is 0 Å². The Morgan fingerprint density at radius 1 is 1.14 bits per heavy atom. The van der Waals surface area contributed by atoms with Crippen molar-refractivity contribution < 1.29 is 24.2 Å². The van der Waals surface area contributed by atoms with Crippen molar-refractivity contribution in [3.63, 3.8) is 0 Å². The normalized spacial score (nSPS) is 11.5. The molecule has 0 heterocycles. The number of methoxy groups -OCH3 is 1. The van der Waals surface area contributed by atoms with Gasteiger partial charge in [0.1, 0.15) is 11.5 Å². The molecule has 6 nitrogen and oxygen atoms in total. The third kappa shape index (κ3) is 6.97. The smallest absolute Gasteiger partial charge is 0.303 e. The summed E-state index contributed by atoms with van der Waals surface area (Å²) in [5, 5.41) is 11.3. The number of ether oxygens (including phenoxy) is 2. The van der Waals surface area contributed by atoms with Crippen LogP contribution in [0.25, 0.3) is 0 Å². The molecule has 1 atom stereocenters. The Balaban J connectivity index is 2.22. The van der Waals surface area contributed by atoms with Crippen molar-refractivity contribution in [2.75, 3.05) is 13.7 Å². The molecule has 0 aliphatic rings. The van der Waals surface area contributed by atoms with Crippen LogP contribution in [0.1, 0.15) is 32.6 Å². The lowest BCUT2D eigenvalue weighted by Crippen LogP contribution is -2.36. The number of hydrogen-bond donors (Lipinski definition) is 2. The van der Waals surface area contributed by atoms with Gasteiger partial charge in [-0.1, -0.05) is 6.42 Å². The van der Waals surface area contributed by atoms with Gasteiger partial charge in [-0.25, -0.2) is 0 Å². The van der Waals surface area contributed by atoms with E-state index in [1.807, 2.05) is 0 Å². The highest BCUT2D eigenvalue weighted by atomic mass is 16.5. The Hall–Kier alpha value is -2.24. The van der Waals surface area contributed by atoms with E-state index < -0.39 is 12.1 Å². The zero-order valence-electron chi connectivity index (χ0n) is 13.0. The van der Waals surface area contributed by atoms with Crippen LogP contribution in [-0.4, -0.2) is 36.7 Å². The molecule has 0 spiro atoms. The number of rotatable bonds is 10. The summed E-state index contributed by atoms with van der Waals surface area (Å²) >= 11 is 0. The molecular weight excluding hydrogens is 286 g/mol. The Morgan fingerprint density at radius 2 is 1.77 bits per heavy atom. The first-order valence-corrected chi connectivity index (χ1v) is 7.33. The second-order valence-electron chi connectivity index (χ2n) is 4.93. The lowest BCUT2D eigenvalue weighted by atomic mass is 10.2. The minimum Gasteiger partial charge on any atom is -0.497 e. The number of carbonyl (C=O) groups is 2. The summed E-state index contributed by atoms with van der Waals surface area (Å²) in [6.07, 6.45) is 1.75. The van der Waals surface area contributed by atoms with Gasteiger partial charge in [0.2, 0.25) is 0 Å². The van der Waals surface area contributed by atoms with Crippen LogP contribution in [0.5, 0.6) is 11.5 Å². The molecule has 0 fully saturated rings. The molecule has 2 N–H and O–H groups in total. The van der Waals surface area contributed by atoms with Crippen LogP contribution in [0.3, 0.4) is 0 Å². The highest BCUT2D eigenvalue weighted by Gasteiger charge is 2.13. The van der Waals surface area contributed by atoms with E-state index >= 15 is 0 Å². The van der Waals surface area contributed by atoms with Crippen molar-refractivity contribution in [1.82, 2.24) is 5.32 Å². The van der Waals surface area contributed by atoms with Crippen molar-refractivity contribution in [2.45, 2.75) is 38.7 Å². The van der Waals surface area contributed by atoms with E-state index in [1.165, 1.54) is 0 Å². The molecule has 1 rings (SSSR count). The fraction of sp³-hybridized carbons (Fsp3) is 0.500. The first-order valence-electron chi connectivity index (χ1n) is 7.33. The van der Waals surface area contributed by atoms with Crippen molar-refractivity contribution in [3.05, 3.63) is 24.3 Å². The maximum Gasteiger partial charge on any atom is 0.303 e. The summed E-state index contributed by atoms with van der Waals surface area (Å²) in [7, 11) is 1.59. The monoisotopic (exact) mass is 309 g/mol. The highest BCUT2D eigenvalue weighted by molar-refractivity contribution is 5.80. The summed E-state index contributed by atoms with van der Waals surface area (Å²) in [6.45, 7) is 2.21. The molecule has 6 heteroatoms. The molecule has 0 aromatic heterocycles. The average molecular weight is 309 g/mol. The molecule has 1 aromatic rings. The topological polar surface area (TPSA) is 84.9 Å². The predicted molar refractivity (Wildman–Crippen MR) is 82.2 cm³/mol. The van der Waals surface area contributed by atoms with Crippen LogP contribution < -0.4 is 14.8 Å². The lowest BCUT2D eigenvalue weighted by Gasteiger charge is -2.15. The molecule has 0 bridgehead atoms. The summed E-state index contributed by atoms with van der Waals surface area (Å²) in [6, 6.07) is 7.02. The van der Waals surface area contributed by atoms with Gasteiger partial charge >= 0.3 is 5.97 Å². The van der Waals surface area contributed by atoms with Crippen molar-refractivity contribution in [3.8, 4) is 11.5 Å². The van der Waals surface area contributed by atoms with Crippen LogP contribution in [0, 0.1) is 0 Å². The minimum absolute atomic E-state index is 0.172. The first kappa shape index (κ1) is 17.8. The second kappa shape index (κ2) is 9.65. The number of carboxylic acids is 1. The van der Waals surface area contributed by atoms with E-state index in [4.69, 9.17) is 14.6 Å². The number of benzene rings is 1. The quantitative estimate of drug-likeness (QED) is 0.647. The van der Waals surface area contributed by atoms with Crippen LogP contribution in [0.15, 0.2) is 24.3 Å². The maximum atomic E-state index is 11.9. The van der Waals surface area contributed by atoms with Gasteiger partial charge < -0.3 is 19.9 Å². The van der Waals surface area contributed by atoms with Crippen molar-refractivity contribution in [1.29, 1.82) is 0 Å². The number of carboxylic acid groups (broad SMARTS) is 1. The van der Waals surface area contributed by atoms with Gasteiger partial charge in [0.15, 0.2) is 6.10 Å². The fourth-order valence-electron chi connectivity index (χ4n) is 1.85. The molecule has 0 aliphatic carbocycles. The summed E-state index contributed by atoms with van der Waals surface area (Å²) in [5.74, 6) is 0.357. The minimum atomic E-state index is -0.787. The molecule has 1 aromatic carbocycles. The highest BCUT2D eigenvalue weighted by Crippen LogP contribution is 2.18. The summed E-state index contributed by atoms with van der Waals surface area (Å²) in [5.41, 5.74) is 0. The SMILES string of the molecule is COc1ccc(OC(C)C(=O)NCCCCCC(=O)O)cc1. The molecule has 0 saturated carbocycles. The van der Waals surface area contributed by atoms with Gasteiger partial charge in [0.05, 0.1) is 7.11 Å². The Labute approximate surface area is 130 Å². The van der Waals surface area contributed by atoms with E-state index in [9.17, 15) is 9.59 Å². The average Bonchev–Trinajstić information content (AvgIpc) is 2.50. The standard InChI is InChI=1S/C16H23NO5/c1-12(22-14-9-7-13(21-2)8-10-14)16(20)17-11-5-3-4-6-15(18)19/h7-10,12H,3-6,11H2,1-2H3,(H,17,20)(H,18,19). The number of carbonyl (C=O) groups excluding carboxylic acids is 1. The summed E-state index contributed by atoms with van der Waals surface area (Å²) < 4.78 is 10.6. The molecule has 122 valence electrons. The number of amides is 1. The van der Waals surface area contributed by atoms with E-state index in [1.54, 1.807) is 38.3 Å². The molecule has 22 heavy (non-hydrogen) atoms. The molecule has 1 unspecified atom stereocenters. The third-order valence-electron chi connectivity index (χ3n) is 3.11. The predicted octanol–water partition coefficient (Wildman–Crippen LogP) is 2.22. The Morgan fingerprint density at radius 3 is 2.36 bits per heavy atom. The van der Waals surface area contributed by atoms with Crippen molar-refractivity contribution in [2.24, 2.45) is 0 Å². The molecule has 0 radical (unpaired) electrons. The maximum absolute atomic E-state index is 11.9. The molecular formula is C16H23NO5. The summed E-state index contributed by atoms with van der Waals surface area (Å²) in [4.78, 5) is 22.2. The first-order chi connectivity index (χ1) is 10.5. The fourth-order valence-corrected chi connectivity index (χ4v) is 1.85. The van der Waals surface area contributed by atoms with Gasteiger partial charge in [0.25, 0.3) is 5.91 Å². The van der Waals surface area contributed by atoms with E-state index in [0.717, 1.165) is 18.6 Å². The largest absolute Gasteiger partial charge is 0.497 e. The second-order valence-corrected chi connectivity index (χ2v) is 4.93. The van der Waals surface area contributed by atoms with Gasteiger partial charge in [0, 0.05) is 13.0 Å². The zero-order valence-corrected chi connectivity index (χ0v) is 13.0. The Bertz CT molecular complexity index is 472. The molecule has 1 amide bonds. The molecule has 0 aliphatic heterocycles. The van der Waals surface area contributed by atoms with Gasteiger partial charge in [-0.2, -0.15) is 0 Å². The van der Waals surface area contributed by atoms with Crippen LogP contribution in [0.4, 0.5) is 0 Å². The van der Waals surface area contributed by atoms with E-state index in [0.29, 0.717) is 18.7 Å². The van der Waals surface area contributed by atoms with Crippen molar-refractivity contribution >= 4 is 11.9 Å². The van der Waals surface area contributed by atoms with Crippen LogP contribution >= 0.6 is 0 Å². The lowest BCUT2D eigenvalue weighted by molar-refractivity contribution is -0.137. The Kier molecular flexibility index (Phi) is 7.81.